The van der Waals surface area contributed by atoms with Crippen LogP contribution in [0.3, 0.4) is 0 Å². The van der Waals surface area contributed by atoms with Gasteiger partial charge in [-0.1, -0.05) is 13.8 Å². The Hall–Kier alpha value is -3.70. The number of pyridine rings is 1. The predicted molar refractivity (Wildman–Crippen MR) is 169 cm³/mol. The Labute approximate surface area is 244 Å². The van der Waals surface area contributed by atoms with E-state index in [4.69, 9.17) is 0 Å². The fourth-order valence-corrected chi connectivity index (χ4v) is 3.32. The van der Waals surface area contributed by atoms with Crippen molar-refractivity contribution in [3.05, 3.63) is 78.3 Å². The SMILES string of the molecule is CC(C)NCc1nccs1.CC(C)Nc1cccnc1.CC(C)Nc1cncnc1.CC(C)Nc1ncccn1. The minimum atomic E-state index is 0.391. The van der Waals surface area contributed by atoms with E-state index in [2.05, 4.69) is 107 Å². The van der Waals surface area contributed by atoms with Gasteiger partial charge in [0.15, 0.2) is 0 Å². The highest BCUT2D eigenvalue weighted by molar-refractivity contribution is 7.09. The molecule has 4 aromatic rings. The molecule has 0 aliphatic rings. The number of thiazole rings is 1. The summed E-state index contributed by atoms with van der Waals surface area (Å²) in [5.41, 5.74) is 2.05. The Balaban J connectivity index is 0.000000267. The maximum atomic E-state index is 4.14. The van der Waals surface area contributed by atoms with Crippen molar-refractivity contribution in [3.8, 4) is 0 Å². The zero-order valence-corrected chi connectivity index (χ0v) is 25.9. The van der Waals surface area contributed by atoms with Gasteiger partial charge in [-0.15, -0.1) is 11.3 Å². The Morgan fingerprint density at radius 1 is 0.625 bits per heavy atom. The molecule has 0 spiro atoms. The molecule has 0 aliphatic carbocycles. The van der Waals surface area contributed by atoms with Crippen molar-refractivity contribution in [3.63, 3.8) is 0 Å². The second-order valence-electron chi connectivity index (χ2n) is 9.80. The summed E-state index contributed by atoms with van der Waals surface area (Å²) in [6.07, 6.45) is 13.9. The number of nitrogens with zero attached hydrogens (tertiary/aromatic N) is 6. The molecule has 0 fully saturated rings. The molecular formula is C29H46N10S. The average Bonchev–Trinajstić information content (AvgIpc) is 3.43. The highest BCUT2D eigenvalue weighted by atomic mass is 32.1. The summed E-state index contributed by atoms with van der Waals surface area (Å²) < 4.78 is 0. The lowest BCUT2D eigenvalue weighted by Crippen LogP contribution is -2.21. The van der Waals surface area contributed by atoms with Crippen LogP contribution >= 0.6 is 11.3 Å². The predicted octanol–water partition coefficient (Wildman–Crippen LogP) is 6.14. The van der Waals surface area contributed by atoms with Gasteiger partial charge < -0.3 is 21.3 Å². The summed E-state index contributed by atoms with van der Waals surface area (Å²) in [5, 5.41) is 16.0. The largest absolute Gasteiger partial charge is 0.382 e. The fourth-order valence-electron chi connectivity index (χ4n) is 2.75. The quantitative estimate of drug-likeness (QED) is 0.188. The molecule has 0 aromatic carbocycles. The Morgan fingerprint density at radius 3 is 1.73 bits per heavy atom. The maximum Gasteiger partial charge on any atom is 0.222 e. The molecular weight excluding hydrogens is 520 g/mol. The molecule has 0 saturated heterocycles. The number of rotatable bonds is 9. The van der Waals surface area contributed by atoms with Gasteiger partial charge in [-0.25, -0.2) is 24.9 Å². The number of aromatic nitrogens is 6. The first-order valence-electron chi connectivity index (χ1n) is 13.5. The van der Waals surface area contributed by atoms with Crippen molar-refractivity contribution < 1.29 is 0 Å². The molecule has 11 heteroatoms. The fraction of sp³-hybridized carbons (Fsp3) is 0.448. The third-order valence-corrected chi connectivity index (χ3v) is 5.04. The summed E-state index contributed by atoms with van der Waals surface area (Å²) in [6.45, 7) is 17.6. The molecule has 0 amide bonds. The van der Waals surface area contributed by atoms with Crippen LogP contribution in [0, 0.1) is 0 Å². The molecule has 40 heavy (non-hydrogen) atoms. The van der Waals surface area contributed by atoms with Crippen LogP contribution in [0.15, 0.2) is 73.3 Å². The van der Waals surface area contributed by atoms with E-state index >= 15 is 0 Å². The minimum absolute atomic E-state index is 0.391. The van der Waals surface area contributed by atoms with E-state index in [1.165, 1.54) is 6.33 Å². The molecule has 10 nitrogen and oxygen atoms in total. The summed E-state index contributed by atoms with van der Waals surface area (Å²) >= 11 is 1.69. The molecule has 0 bridgehead atoms. The van der Waals surface area contributed by atoms with Gasteiger partial charge in [0.25, 0.3) is 0 Å². The number of anilines is 3. The van der Waals surface area contributed by atoms with Gasteiger partial charge in [0.05, 0.1) is 23.8 Å². The first kappa shape index (κ1) is 34.3. The number of hydrogen-bond donors (Lipinski definition) is 4. The minimum Gasteiger partial charge on any atom is -0.382 e. The molecule has 0 saturated carbocycles. The molecule has 4 rings (SSSR count). The van der Waals surface area contributed by atoms with Gasteiger partial charge in [-0.05, 0) is 59.7 Å². The Morgan fingerprint density at radius 2 is 1.23 bits per heavy atom. The van der Waals surface area contributed by atoms with E-state index in [0.29, 0.717) is 30.1 Å². The topological polar surface area (TPSA) is 125 Å². The van der Waals surface area contributed by atoms with Gasteiger partial charge in [0, 0.05) is 67.1 Å². The van der Waals surface area contributed by atoms with E-state index in [0.717, 1.165) is 22.9 Å². The van der Waals surface area contributed by atoms with Gasteiger partial charge in [-0.2, -0.15) is 0 Å². The van der Waals surface area contributed by atoms with Crippen molar-refractivity contribution in [2.75, 3.05) is 16.0 Å². The van der Waals surface area contributed by atoms with E-state index in [-0.39, 0.29) is 0 Å². The van der Waals surface area contributed by atoms with E-state index < -0.39 is 0 Å². The molecule has 218 valence electrons. The van der Waals surface area contributed by atoms with Crippen LogP contribution in [0.1, 0.15) is 60.4 Å². The number of hydrogen-bond acceptors (Lipinski definition) is 11. The van der Waals surface area contributed by atoms with Crippen LogP contribution in [0.25, 0.3) is 0 Å². The summed E-state index contributed by atoms with van der Waals surface area (Å²) in [4.78, 5) is 23.8. The zero-order valence-electron chi connectivity index (χ0n) is 25.0. The molecule has 4 N–H and O–H groups in total. The molecule has 0 unspecified atom stereocenters. The third kappa shape index (κ3) is 19.4. The van der Waals surface area contributed by atoms with Crippen LogP contribution < -0.4 is 21.3 Å². The Kier molecular flexibility index (Phi) is 18.2. The van der Waals surface area contributed by atoms with Gasteiger partial charge in [0.1, 0.15) is 11.3 Å². The standard InChI is InChI=1S/C8H12N2.2C7H11N3.C7H12N2S/c1-7(2)10-8-4-3-5-9-6-8;1-6(2)10-7-3-8-5-9-4-7;1-6(2)10-7-8-4-3-5-9-7;1-6(2)9-5-7-8-3-4-10-7/h3-7,10H,1-2H3;3-6,10H,1-2H3;3-6H,1-2H3,(H,8,9,10);3-4,6,9H,5H2,1-2H3. The van der Waals surface area contributed by atoms with E-state index in [1.807, 2.05) is 29.9 Å². The Bertz CT molecular complexity index is 970. The summed E-state index contributed by atoms with van der Waals surface area (Å²) in [7, 11) is 0. The molecule has 4 heterocycles. The first-order chi connectivity index (χ1) is 19.2. The molecule has 0 radical (unpaired) electrons. The molecule has 0 aliphatic heterocycles. The van der Waals surface area contributed by atoms with Crippen LogP contribution in [0.4, 0.5) is 17.3 Å². The number of nitrogens with one attached hydrogen (secondary N) is 4. The summed E-state index contributed by atoms with van der Waals surface area (Å²) in [5.74, 6) is 0.692. The average molecular weight is 567 g/mol. The second-order valence-corrected chi connectivity index (χ2v) is 10.8. The van der Waals surface area contributed by atoms with E-state index in [9.17, 15) is 0 Å². The zero-order chi connectivity index (χ0) is 29.6. The van der Waals surface area contributed by atoms with Gasteiger partial charge >= 0.3 is 0 Å². The smallest absolute Gasteiger partial charge is 0.222 e. The van der Waals surface area contributed by atoms with Crippen molar-refractivity contribution in [1.82, 2.24) is 35.2 Å². The van der Waals surface area contributed by atoms with Crippen molar-refractivity contribution in [2.45, 2.75) is 86.1 Å². The summed E-state index contributed by atoms with van der Waals surface area (Å²) in [6, 6.07) is 7.57. The first-order valence-corrected chi connectivity index (χ1v) is 14.4. The lowest BCUT2D eigenvalue weighted by Gasteiger charge is -2.07. The van der Waals surface area contributed by atoms with E-state index in [1.54, 1.807) is 48.4 Å². The van der Waals surface area contributed by atoms with Gasteiger partial charge in [-0.3, -0.25) is 4.98 Å². The molecule has 0 atom stereocenters. The van der Waals surface area contributed by atoms with Crippen LogP contribution in [0.5, 0.6) is 0 Å². The van der Waals surface area contributed by atoms with Crippen LogP contribution in [-0.4, -0.2) is 54.1 Å². The third-order valence-electron chi connectivity index (χ3n) is 4.26. The monoisotopic (exact) mass is 566 g/mol. The van der Waals surface area contributed by atoms with Gasteiger partial charge in [0.2, 0.25) is 5.95 Å². The normalized spacial score (nSPS) is 10.1. The van der Waals surface area contributed by atoms with Crippen LogP contribution in [-0.2, 0) is 6.54 Å². The van der Waals surface area contributed by atoms with Crippen molar-refractivity contribution in [2.24, 2.45) is 0 Å². The van der Waals surface area contributed by atoms with Crippen molar-refractivity contribution in [1.29, 1.82) is 0 Å². The second kappa shape index (κ2) is 21.2. The molecule has 4 aromatic heterocycles. The lowest BCUT2D eigenvalue weighted by atomic mass is 10.3. The van der Waals surface area contributed by atoms with Crippen molar-refractivity contribution >= 4 is 28.7 Å². The van der Waals surface area contributed by atoms with Crippen LogP contribution in [0.2, 0.25) is 0 Å². The highest BCUT2D eigenvalue weighted by Crippen LogP contribution is 2.04. The highest BCUT2D eigenvalue weighted by Gasteiger charge is 1.96. The lowest BCUT2D eigenvalue weighted by molar-refractivity contribution is 0.587. The maximum absolute atomic E-state index is 4.14.